The Bertz CT molecular complexity index is 763. The molecule has 0 aliphatic carbocycles. The molecular formula is C19H22BrNO6. The Morgan fingerprint density at radius 2 is 1.63 bits per heavy atom. The fraction of sp³-hybridized carbons (Fsp3) is 0.526. The van der Waals surface area contributed by atoms with Crippen LogP contribution in [0.15, 0.2) is 45.6 Å². The second-order valence-corrected chi connectivity index (χ2v) is 7.99. The van der Waals surface area contributed by atoms with Crippen LogP contribution in [0.25, 0.3) is 0 Å². The molecule has 27 heavy (non-hydrogen) atoms. The Morgan fingerprint density at radius 3 is 2.07 bits per heavy atom. The Labute approximate surface area is 167 Å². The minimum Gasteiger partial charge on any atom is -1.00 e. The third kappa shape index (κ3) is 2.61. The number of morpholine rings is 1. The second-order valence-electron chi connectivity index (χ2n) is 7.99. The third-order valence-electron chi connectivity index (χ3n) is 6.36. The molecule has 0 radical (unpaired) electrons. The number of quaternary nitrogens is 1. The Balaban J connectivity index is 0.00000180. The highest BCUT2D eigenvalue weighted by molar-refractivity contribution is 5.83. The SMILES string of the molecule is C[N+]1(C)C2CC(OC(=O)C(O)(c3ccco3)c3ccco3)CC1C1OC12.[Br-]. The maximum Gasteiger partial charge on any atom is 0.354 e. The van der Waals surface area contributed by atoms with E-state index < -0.39 is 11.6 Å². The quantitative estimate of drug-likeness (QED) is 0.351. The van der Waals surface area contributed by atoms with Crippen molar-refractivity contribution in [3.05, 3.63) is 48.3 Å². The molecule has 7 nitrogen and oxygen atoms in total. The highest BCUT2D eigenvalue weighted by atomic mass is 79.9. The number of ether oxygens (including phenoxy) is 2. The van der Waals surface area contributed by atoms with Gasteiger partial charge in [0.25, 0.3) is 5.60 Å². The van der Waals surface area contributed by atoms with Gasteiger partial charge in [-0.05, 0) is 24.3 Å². The van der Waals surface area contributed by atoms with E-state index in [1.807, 2.05) is 0 Å². The average molecular weight is 440 g/mol. The third-order valence-corrected chi connectivity index (χ3v) is 6.36. The Morgan fingerprint density at radius 1 is 1.11 bits per heavy atom. The lowest BCUT2D eigenvalue weighted by atomic mass is 9.95. The van der Waals surface area contributed by atoms with Gasteiger partial charge in [-0.1, -0.05) is 0 Å². The number of rotatable bonds is 4. The first-order chi connectivity index (χ1) is 12.4. The molecule has 5 rings (SSSR count). The van der Waals surface area contributed by atoms with E-state index in [9.17, 15) is 9.90 Å². The maximum atomic E-state index is 13.0. The van der Waals surface area contributed by atoms with E-state index in [0.717, 1.165) is 17.3 Å². The van der Waals surface area contributed by atoms with Gasteiger partial charge >= 0.3 is 5.97 Å². The van der Waals surface area contributed by atoms with E-state index in [0.29, 0.717) is 12.1 Å². The van der Waals surface area contributed by atoms with Crippen LogP contribution in [0.3, 0.4) is 0 Å². The summed E-state index contributed by atoms with van der Waals surface area (Å²) in [7, 11) is 4.43. The van der Waals surface area contributed by atoms with Gasteiger partial charge in [0.2, 0.25) is 0 Å². The number of nitrogens with zero attached hydrogens (tertiary/aromatic N) is 1. The van der Waals surface area contributed by atoms with Crippen molar-refractivity contribution in [1.29, 1.82) is 0 Å². The van der Waals surface area contributed by atoms with Crippen molar-refractivity contribution in [3.8, 4) is 0 Å². The number of esters is 1. The van der Waals surface area contributed by atoms with E-state index in [2.05, 4.69) is 14.1 Å². The summed E-state index contributed by atoms with van der Waals surface area (Å²) in [6.45, 7) is 0. The molecule has 3 saturated heterocycles. The molecule has 4 atom stereocenters. The van der Waals surface area contributed by atoms with Crippen LogP contribution in [0.4, 0.5) is 0 Å². The zero-order valence-electron chi connectivity index (χ0n) is 15.1. The molecule has 3 fully saturated rings. The largest absolute Gasteiger partial charge is 1.00 e. The van der Waals surface area contributed by atoms with Gasteiger partial charge in [-0.15, -0.1) is 0 Å². The number of hydrogen-bond acceptors (Lipinski definition) is 6. The van der Waals surface area contributed by atoms with Crippen LogP contribution in [0.5, 0.6) is 0 Å². The lowest BCUT2D eigenvalue weighted by Crippen LogP contribution is -3.00. The predicted octanol–water partition coefficient (Wildman–Crippen LogP) is -1.59. The first-order valence-electron chi connectivity index (χ1n) is 8.92. The van der Waals surface area contributed by atoms with Gasteiger partial charge in [0, 0.05) is 12.8 Å². The predicted molar refractivity (Wildman–Crippen MR) is 87.9 cm³/mol. The lowest BCUT2D eigenvalue weighted by molar-refractivity contribution is -0.938. The second kappa shape index (κ2) is 6.20. The minimum absolute atomic E-state index is 0. The van der Waals surface area contributed by atoms with Crippen LogP contribution in [-0.4, -0.2) is 60.0 Å². The fourth-order valence-corrected chi connectivity index (χ4v) is 4.83. The van der Waals surface area contributed by atoms with Gasteiger partial charge in [0.1, 0.15) is 30.4 Å². The van der Waals surface area contributed by atoms with Crippen molar-refractivity contribution < 1.29 is 49.7 Å². The summed E-state index contributed by atoms with van der Waals surface area (Å²) < 4.78 is 23.1. The smallest absolute Gasteiger partial charge is 0.354 e. The number of furan rings is 2. The maximum absolute atomic E-state index is 13.0. The molecule has 8 heteroatoms. The highest BCUT2D eigenvalue weighted by Crippen LogP contribution is 2.51. The van der Waals surface area contributed by atoms with E-state index in [4.69, 9.17) is 18.3 Å². The topological polar surface area (TPSA) is 85.3 Å². The zero-order chi connectivity index (χ0) is 18.1. The summed E-state index contributed by atoms with van der Waals surface area (Å²) in [6, 6.07) is 6.94. The molecular weight excluding hydrogens is 418 g/mol. The van der Waals surface area contributed by atoms with Gasteiger partial charge in [0.05, 0.1) is 26.6 Å². The van der Waals surface area contributed by atoms with Gasteiger partial charge in [0.15, 0.2) is 11.5 Å². The molecule has 2 aromatic rings. The number of piperidine rings is 1. The first kappa shape index (κ1) is 18.7. The summed E-state index contributed by atoms with van der Waals surface area (Å²) in [5, 5.41) is 11.2. The van der Waals surface area contributed by atoms with E-state index in [1.165, 1.54) is 24.7 Å². The number of carbonyl (C=O) groups is 1. The summed E-state index contributed by atoms with van der Waals surface area (Å²) in [6.07, 6.45) is 4.55. The van der Waals surface area contributed by atoms with Crippen LogP contribution in [0.1, 0.15) is 24.4 Å². The van der Waals surface area contributed by atoms with Crippen molar-refractivity contribution >= 4 is 5.97 Å². The molecule has 4 unspecified atom stereocenters. The Hall–Kier alpha value is -1.61. The van der Waals surface area contributed by atoms with Gasteiger partial charge < -0.3 is 44.9 Å². The summed E-state index contributed by atoms with van der Waals surface area (Å²) in [5.41, 5.74) is -2.09. The molecule has 1 N–H and O–H groups in total. The minimum atomic E-state index is -2.09. The van der Waals surface area contributed by atoms with Gasteiger partial charge in [-0.3, -0.25) is 0 Å². The number of carbonyl (C=O) groups excluding carboxylic acids is 1. The summed E-state index contributed by atoms with van der Waals surface area (Å²) >= 11 is 0. The first-order valence-corrected chi connectivity index (χ1v) is 8.92. The molecule has 3 aliphatic heterocycles. The number of hydrogen-bond donors (Lipinski definition) is 1. The van der Waals surface area contributed by atoms with Crippen LogP contribution in [-0.2, 0) is 19.9 Å². The monoisotopic (exact) mass is 439 g/mol. The molecule has 0 saturated carbocycles. The number of halogens is 1. The lowest BCUT2D eigenvalue weighted by Gasteiger charge is -2.45. The number of epoxide rings is 1. The summed E-state index contributed by atoms with van der Waals surface area (Å²) in [5.74, 6) is -0.606. The standard InChI is InChI=1S/C19H22NO6.BrH/c1-20(2)12-9-11(10-13(20)17-16(12)26-17)25-18(21)19(22,14-5-3-7-23-14)15-6-4-8-24-15;/h3-8,11-13,16-17,22H,9-10H2,1-2H3;1H/q+1;/p-1. The van der Waals surface area contributed by atoms with Crippen LogP contribution < -0.4 is 17.0 Å². The van der Waals surface area contributed by atoms with Crippen molar-refractivity contribution in [2.24, 2.45) is 0 Å². The Kier molecular flexibility index (Phi) is 4.30. The molecule has 2 aromatic heterocycles. The van der Waals surface area contributed by atoms with E-state index in [1.54, 1.807) is 12.1 Å². The number of likely N-dealkylation sites (N-methyl/N-ethyl adjacent to an activating group) is 1. The van der Waals surface area contributed by atoms with Crippen molar-refractivity contribution in [2.75, 3.05) is 14.1 Å². The molecule has 3 aliphatic rings. The van der Waals surface area contributed by atoms with Crippen molar-refractivity contribution in [3.63, 3.8) is 0 Å². The fourth-order valence-electron chi connectivity index (χ4n) is 4.83. The molecule has 0 aromatic carbocycles. The van der Waals surface area contributed by atoms with E-state index in [-0.39, 0.29) is 46.8 Å². The van der Waals surface area contributed by atoms with Crippen LogP contribution in [0.2, 0.25) is 0 Å². The average Bonchev–Trinajstić information content (AvgIpc) is 2.98. The molecule has 0 amide bonds. The molecule has 5 heterocycles. The normalized spacial score (nSPS) is 33.1. The summed E-state index contributed by atoms with van der Waals surface area (Å²) in [4.78, 5) is 13.0. The number of aliphatic hydroxyl groups is 1. The van der Waals surface area contributed by atoms with Gasteiger partial charge in [-0.2, -0.15) is 0 Å². The molecule has 0 spiro atoms. The number of fused-ring (bicyclic) bond motifs is 5. The van der Waals surface area contributed by atoms with Crippen LogP contribution in [0, 0.1) is 0 Å². The van der Waals surface area contributed by atoms with Crippen LogP contribution >= 0.6 is 0 Å². The zero-order valence-corrected chi connectivity index (χ0v) is 16.7. The van der Waals surface area contributed by atoms with Gasteiger partial charge in [-0.25, -0.2) is 4.79 Å². The molecule has 2 bridgehead atoms. The van der Waals surface area contributed by atoms with Crippen molar-refractivity contribution in [2.45, 2.75) is 48.8 Å². The highest BCUT2D eigenvalue weighted by Gasteiger charge is 2.71. The van der Waals surface area contributed by atoms with Crippen molar-refractivity contribution in [1.82, 2.24) is 0 Å². The van der Waals surface area contributed by atoms with E-state index >= 15 is 0 Å². The molecule has 146 valence electrons.